The molecule has 1 unspecified atom stereocenters. The van der Waals surface area contributed by atoms with Crippen LogP contribution in [-0.2, 0) is 4.79 Å². The van der Waals surface area contributed by atoms with Gasteiger partial charge in [0, 0.05) is 26.1 Å². The Kier molecular flexibility index (Phi) is 8.43. The predicted octanol–water partition coefficient (Wildman–Crippen LogP) is -0.722. The number of hydrogen-bond donors (Lipinski definition) is 3. The van der Waals surface area contributed by atoms with E-state index in [9.17, 15) is 4.79 Å². The van der Waals surface area contributed by atoms with Crippen LogP contribution in [0.3, 0.4) is 0 Å². The number of carbonyl (C=O) groups is 1. The first kappa shape index (κ1) is 14.8. The molecule has 0 aliphatic rings. The van der Waals surface area contributed by atoms with E-state index in [4.69, 9.17) is 20.6 Å². The van der Waals surface area contributed by atoms with Crippen molar-refractivity contribution >= 4 is 5.97 Å². The number of hydrogen-bond acceptors (Lipinski definition) is 5. The molecular weight excluding hydrogens is 212 g/mol. The average molecular weight is 230 g/mol. The molecule has 0 saturated carbocycles. The minimum absolute atomic E-state index is 0.0788. The Morgan fingerprint density at radius 2 is 1.88 bits per heavy atom. The lowest BCUT2D eigenvalue weighted by Gasteiger charge is -2.23. The maximum atomic E-state index is 10.9. The molecule has 0 heterocycles. The Morgan fingerprint density at radius 3 is 2.25 bits per heavy atom. The maximum absolute atomic E-state index is 10.9. The van der Waals surface area contributed by atoms with E-state index in [1.54, 1.807) is 4.90 Å². The van der Waals surface area contributed by atoms with Gasteiger partial charge in [-0.2, -0.15) is 5.26 Å². The molecule has 0 aromatic heterocycles. The first-order valence-corrected chi connectivity index (χ1v) is 5.19. The second kappa shape index (κ2) is 9.09. The SMILES string of the molecule is N#CCCC(CN(CCO)CCO)C(=O)O. The van der Waals surface area contributed by atoms with Crippen LogP contribution in [0.15, 0.2) is 0 Å². The monoisotopic (exact) mass is 230 g/mol. The summed E-state index contributed by atoms with van der Waals surface area (Å²) in [5.74, 6) is -1.58. The van der Waals surface area contributed by atoms with Gasteiger partial charge in [0.1, 0.15) is 0 Å². The third-order valence-corrected chi connectivity index (χ3v) is 2.26. The topological polar surface area (TPSA) is 105 Å². The minimum atomic E-state index is -0.948. The molecule has 0 spiro atoms. The number of nitrogens with zero attached hydrogens (tertiary/aromatic N) is 2. The minimum Gasteiger partial charge on any atom is -0.481 e. The standard InChI is InChI=1S/C10H18N2O4/c11-3-1-2-9(10(15)16)8-12(4-6-13)5-7-14/h9,13-14H,1-2,4-8H2,(H,15,16). The van der Waals surface area contributed by atoms with Crippen LogP contribution in [0.5, 0.6) is 0 Å². The number of carboxylic acid groups (broad SMARTS) is 1. The molecule has 0 aliphatic carbocycles. The highest BCUT2D eigenvalue weighted by atomic mass is 16.4. The van der Waals surface area contributed by atoms with Crippen molar-refractivity contribution in [2.24, 2.45) is 5.92 Å². The quantitative estimate of drug-likeness (QED) is 0.482. The fourth-order valence-corrected chi connectivity index (χ4v) is 1.42. The fourth-order valence-electron chi connectivity index (χ4n) is 1.42. The first-order chi connectivity index (χ1) is 7.65. The van der Waals surface area contributed by atoms with Crippen molar-refractivity contribution in [3.8, 4) is 6.07 Å². The van der Waals surface area contributed by atoms with Crippen LogP contribution in [0.1, 0.15) is 12.8 Å². The molecule has 0 aromatic rings. The van der Waals surface area contributed by atoms with Gasteiger partial charge in [-0.1, -0.05) is 0 Å². The van der Waals surface area contributed by atoms with Gasteiger partial charge in [-0.05, 0) is 6.42 Å². The molecule has 0 bridgehead atoms. The number of rotatable bonds is 9. The molecule has 0 aliphatic heterocycles. The predicted molar refractivity (Wildman–Crippen MR) is 56.6 cm³/mol. The zero-order valence-electron chi connectivity index (χ0n) is 9.17. The summed E-state index contributed by atoms with van der Waals surface area (Å²) >= 11 is 0. The van der Waals surface area contributed by atoms with E-state index in [1.165, 1.54) is 0 Å². The summed E-state index contributed by atoms with van der Waals surface area (Å²) < 4.78 is 0. The van der Waals surface area contributed by atoms with Crippen LogP contribution < -0.4 is 0 Å². The lowest BCUT2D eigenvalue weighted by Crippen LogP contribution is -2.37. The smallest absolute Gasteiger partial charge is 0.307 e. The van der Waals surface area contributed by atoms with Gasteiger partial charge in [0.15, 0.2) is 0 Å². The summed E-state index contributed by atoms with van der Waals surface area (Å²) in [5.41, 5.74) is 0. The van der Waals surface area contributed by atoms with Gasteiger partial charge in [-0.15, -0.1) is 0 Å². The summed E-state index contributed by atoms with van der Waals surface area (Å²) in [6, 6.07) is 1.91. The Labute approximate surface area is 94.7 Å². The molecule has 0 fully saturated rings. The molecule has 0 amide bonds. The van der Waals surface area contributed by atoms with Crippen molar-refractivity contribution in [1.82, 2.24) is 4.90 Å². The zero-order chi connectivity index (χ0) is 12.4. The van der Waals surface area contributed by atoms with Crippen molar-refractivity contribution in [2.75, 3.05) is 32.8 Å². The van der Waals surface area contributed by atoms with E-state index in [2.05, 4.69) is 0 Å². The highest BCUT2D eigenvalue weighted by Crippen LogP contribution is 2.08. The van der Waals surface area contributed by atoms with Crippen molar-refractivity contribution in [2.45, 2.75) is 12.8 Å². The Morgan fingerprint density at radius 1 is 1.31 bits per heavy atom. The summed E-state index contributed by atoms with van der Waals surface area (Å²) in [5, 5.41) is 34.9. The van der Waals surface area contributed by atoms with Gasteiger partial charge >= 0.3 is 5.97 Å². The highest BCUT2D eigenvalue weighted by Gasteiger charge is 2.20. The average Bonchev–Trinajstić information content (AvgIpc) is 2.24. The molecule has 0 aromatic carbocycles. The van der Waals surface area contributed by atoms with Gasteiger partial charge in [-0.3, -0.25) is 9.69 Å². The van der Waals surface area contributed by atoms with E-state index in [-0.39, 0.29) is 26.2 Å². The highest BCUT2D eigenvalue weighted by molar-refractivity contribution is 5.70. The van der Waals surface area contributed by atoms with E-state index in [1.807, 2.05) is 6.07 Å². The second-order valence-corrected chi connectivity index (χ2v) is 3.48. The molecule has 0 radical (unpaired) electrons. The van der Waals surface area contributed by atoms with Crippen molar-refractivity contribution < 1.29 is 20.1 Å². The van der Waals surface area contributed by atoms with Crippen molar-refractivity contribution in [3.63, 3.8) is 0 Å². The van der Waals surface area contributed by atoms with E-state index in [0.29, 0.717) is 19.5 Å². The van der Waals surface area contributed by atoms with Crippen molar-refractivity contribution in [1.29, 1.82) is 5.26 Å². The number of aliphatic carboxylic acids is 1. The van der Waals surface area contributed by atoms with Crippen molar-refractivity contribution in [3.05, 3.63) is 0 Å². The molecule has 6 heteroatoms. The first-order valence-electron chi connectivity index (χ1n) is 5.19. The Hall–Kier alpha value is -1.16. The largest absolute Gasteiger partial charge is 0.481 e. The van der Waals surface area contributed by atoms with Crippen LogP contribution in [0.2, 0.25) is 0 Å². The number of carboxylic acids is 1. The Bertz CT molecular complexity index is 233. The molecule has 1 atom stereocenters. The molecule has 6 nitrogen and oxygen atoms in total. The van der Waals surface area contributed by atoms with Crippen LogP contribution >= 0.6 is 0 Å². The van der Waals surface area contributed by atoms with Gasteiger partial charge in [0.05, 0.1) is 25.2 Å². The third kappa shape index (κ3) is 6.35. The fraction of sp³-hybridized carbons (Fsp3) is 0.800. The third-order valence-electron chi connectivity index (χ3n) is 2.26. The van der Waals surface area contributed by atoms with Gasteiger partial charge in [0.25, 0.3) is 0 Å². The lowest BCUT2D eigenvalue weighted by atomic mass is 10.0. The van der Waals surface area contributed by atoms with E-state index in [0.717, 1.165) is 0 Å². The molecule has 92 valence electrons. The summed E-state index contributed by atoms with van der Waals surface area (Å²) in [6.07, 6.45) is 0.488. The second-order valence-electron chi connectivity index (χ2n) is 3.48. The lowest BCUT2D eigenvalue weighted by molar-refractivity contribution is -0.142. The number of nitriles is 1. The summed E-state index contributed by atoms with van der Waals surface area (Å²) in [6.45, 7) is 0.751. The van der Waals surface area contributed by atoms with E-state index < -0.39 is 11.9 Å². The van der Waals surface area contributed by atoms with Gasteiger partial charge in [-0.25, -0.2) is 0 Å². The van der Waals surface area contributed by atoms with Crippen LogP contribution in [-0.4, -0.2) is 59.0 Å². The van der Waals surface area contributed by atoms with E-state index >= 15 is 0 Å². The van der Waals surface area contributed by atoms with Gasteiger partial charge < -0.3 is 15.3 Å². The number of aliphatic hydroxyl groups excluding tert-OH is 2. The molecule has 0 saturated heterocycles. The molecule has 16 heavy (non-hydrogen) atoms. The maximum Gasteiger partial charge on any atom is 0.307 e. The molecular formula is C10H18N2O4. The summed E-state index contributed by atoms with van der Waals surface area (Å²) in [4.78, 5) is 12.6. The molecule has 0 rings (SSSR count). The van der Waals surface area contributed by atoms with Crippen LogP contribution in [0.25, 0.3) is 0 Å². The van der Waals surface area contributed by atoms with Crippen LogP contribution in [0.4, 0.5) is 0 Å². The summed E-state index contributed by atoms with van der Waals surface area (Å²) in [7, 11) is 0. The number of aliphatic hydroxyl groups is 2. The Balaban J connectivity index is 4.21. The zero-order valence-corrected chi connectivity index (χ0v) is 9.17. The van der Waals surface area contributed by atoms with Gasteiger partial charge in [0.2, 0.25) is 0 Å². The normalized spacial score (nSPS) is 12.4. The van der Waals surface area contributed by atoms with Crippen LogP contribution in [0, 0.1) is 17.2 Å². The molecule has 3 N–H and O–H groups in total.